The minimum absolute atomic E-state index is 0.227. The second-order valence-corrected chi connectivity index (χ2v) is 4.00. The van der Waals surface area contributed by atoms with E-state index in [4.69, 9.17) is 11.6 Å². The van der Waals surface area contributed by atoms with Crippen molar-refractivity contribution in [2.45, 2.75) is 13.3 Å². The maximum Gasteiger partial charge on any atom is 0.273 e. The summed E-state index contributed by atoms with van der Waals surface area (Å²) in [5, 5.41) is 12.3. The highest BCUT2D eigenvalue weighted by atomic mass is 35.5. The molecule has 0 atom stereocenters. The molecule has 0 aliphatic heterocycles. The number of carbonyl (C=O) groups excluding carboxylic acids is 2. The monoisotopic (exact) mass is 288 g/mol. The van der Waals surface area contributed by atoms with Gasteiger partial charge in [0.1, 0.15) is 5.82 Å². The van der Waals surface area contributed by atoms with E-state index in [-0.39, 0.29) is 24.3 Å². The molecule has 0 saturated heterocycles. The molecule has 0 bridgehead atoms. The summed E-state index contributed by atoms with van der Waals surface area (Å²) in [6, 6.07) is 1.48. The first-order valence-corrected chi connectivity index (χ1v) is 5.68. The molecular formula is C11H10ClFN2O4. The van der Waals surface area contributed by atoms with E-state index in [2.05, 4.69) is 5.32 Å². The zero-order valence-electron chi connectivity index (χ0n) is 9.91. The van der Waals surface area contributed by atoms with Crippen LogP contribution in [0.4, 0.5) is 10.1 Å². The van der Waals surface area contributed by atoms with Gasteiger partial charge in [-0.25, -0.2) is 4.39 Å². The van der Waals surface area contributed by atoms with Crippen LogP contribution >= 0.6 is 11.6 Å². The van der Waals surface area contributed by atoms with Crippen molar-refractivity contribution < 1.29 is 18.9 Å². The number of amides is 1. The van der Waals surface area contributed by atoms with Crippen molar-refractivity contribution in [2.24, 2.45) is 0 Å². The van der Waals surface area contributed by atoms with Crippen molar-refractivity contribution in [1.29, 1.82) is 0 Å². The molecule has 0 aromatic heterocycles. The Hall–Kier alpha value is -2.02. The Morgan fingerprint density at radius 2 is 2.11 bits per heavy atom. The van der Waals surface area contributed by atoms with E-state index < -0.39 is 27.4 Å². The molecule has 0 aliphatic rings. The minimum atomic E-state index is -1.07. The number of hydrogen-bond donors (Lipinski definition) is 1. The van der Waals surface area contributed by atoms with Crippen LogP contribution in [0.2, 0.25) is 5.02 Å². The second kappa shape index (κ2) is 6.24. The normalized spacial score (nSPS) is 10.1. The molecule has 0 radical (unpaired) electrons. The first kappa shape index (κ1) is 15.0. The van der Waals surface area contributed by atoms with E-state index in [1.54, 1.807) is 6.92 Å². The highest BCUT2D eigenvalue weighted by Crippen LogP contribution is 2.25. The summed E-state index contributed by atoms with van der Waals surface area (Å²) >= 11 is 5.57. The molecule has 1 aromatic carbocycles. The van der Waals surface area contributed by atoms with Gasteiger partial charge < -0.3 is 5.32 Å². The fraction of sp³-hybridized carbons (Fsp3) is 0.273. The molecule has 1 aromatic rings. The van der Waals surface area contributed by atoms with Crippen molar-refractivity contribution >= 4 is 29.0 Å². The van der Waals surface area contributed by atoms with Crippen LogP contribution in [0.1, 0.15) is 23.7 Å². The van der Waals surface area contributed by atoms with E-state index >= 15 is 0 Å². The Morgan fingerprint density at radius 1 is 1.47 bits per heavy atom. The molecule has 0 saturated carbocycles. The molecule has 1 N–H and O–H groups in total. The maximum absolute atomic E-state index is 13.3. The number of nitrogens with one attached hydrogen (secondary N) is 1. The first-order valence-electron chi connectivity index (χ1n) is 5.30. The van der Waals surface area contributed by atoms with Gasteiger partial charge in [-0.15, -0.1) is 0 Å². The van der Waals surface area contributed by atoms with Gasteiger partial charge in [-0.05, 0) is 0 Å². The van der Waals surface area contributed by atoms with Gasteiger partial charge in [0, 0.05) is 12.5 Å². The summed E-state index contributed by atoms with van der Waals surface area (Å²) in [6.45, 7) is 1.38. The average Bonchev–Trinajstić information content (AvgIpc) is 2.38. The van der Waals surface area contributed by atoms with E-state index in [1.807, 2.05) is 0 Å². The molecule has 1 amide bonds. The Balaban J connectivity index is 3.02. The standard InChI is InChI=1S/C11H10ClFN2O4/c1-2-7(16)5-14-11(17)8-3-6(15(18)19)4-9(13)10(8)12/h3-4H,2,5H2,1H3,(H,14,17). The van der Waals surface area contributed by atoms with Crippen molar-refractivity contribution in [2.75, 3.05) is 6.54 Å². The third-order valence-electron chi connectivity index (χ3n) is 2.31. The number of nitro benzene ring substituents is 1. The minimum Gasteiger partial charge on any atom is -0.345 e. The van der Waals surface area contributed by atoms with Gasteiger partial charge in [-0.3, -0.25) is 19.7 Å². The number of hydrogen-bond acceptors (Lipinski definition) is 4. The number of halogens is 2. The number of benzene rings is 1. The van der Waals surface area contributed by atoms with Gasteiger partial charge in [0.05, 0.1) is 28.1 Å². The number of ketones is 1. The Labute approximate surface area is 112 Å². The molecule has 1 rings (SSSR count). The van der Waals surface area contributed by atoms with Gasteiger partial charge in [-0.2, -0.15) is 0 Å². The first-order chi connectivity index (χ1) is 8.86. The van der Waals surface area contributed by atoms with Crippen LogP contribution in [0.5, 0.6) is 0 Å². The molecule has 102 valence electrons. The lowest BCUT2D eigenvalue weighted by Crippen LogP contribution is -2.29. The summed E-state index contributed by atoms with van der Waals surface area (Å²) in [7, 11) is 0. The third-order valence-corrected chi connectivity index (χ3v) is 2.69. The van der Waals surface area contributed by atoms with Crippen LogP contribution in [0.15, 0.2) is 12.1 Å². The number of non-ortho nitro benzene ring substituents is 1. The Morgan fingerprint density at radius 3 is 2.63 bits per heavy atom. The fourth-order valence-electron chi connectivity index (χ4n) is 1.24. The molecule has 19 heavy (non-hydrogen) atoms. The highest BCUT2D eigenvalue weighted by Gasteiger charge is 2.20. The van der Waals surface area contributed by atoms with E-state index in [0.29, 0.717) is 6.07 Å². The summed E-state index contributed by atoms with van der Waals surface area (Å²) in [5.41, 5.74) is -0.967. The molecule has 0 aliphatic carbocycles. The number of rotatable bonds is 5. The number of nitrogens with zero attached hydrogens (tertiary/aromatic N) is 1. The van der Waals surface area contributed by atoms with E-state index in [1.165, 1.54) is 0 Å². The van der Waals surface area contributed by atoms with Crippen LogP contribution in [0, 0.1) is 15.9 Å². The molecular weight excluding hydrogens is 279 g/mol. The lowest BCUT2D eigenvalue weighted by atomic mass is 10.1. The molecule has 0 unspecified atom stereocenters. The fourth-order valence-corrected chi connectivity index (χ4v) is 1.44. The van der Waals surface area contributed by atoms with Gasteiger partial charge in [-0.1, -0.05) is 18.5 Å². The van der Waals surface area contributed by atoms with Crippen molar-refractivity contribution in [3.8, 4) is 0 Å². The van der Waals surface area contributed by atoms with E-state index in [0.717, 1.165) is 6.07 Å². The number of carbonyl (C=O) groups is 2. The molecule has 8 heteroatoms. The van der Waals surface area contributed by atoms with Crippen LogP contribution in [-0.2, 0) is 4.79 Å². The summed E-state index contributed by atoms with van der Waals surface area (Å²) in [4.78, 5) is 32.4. The SMILES string of the molecule is CCC(=O)CNC(=O)c1cc([N+](=O)[O-])cc(F)c1Cl. The van der Waals surface area contributed by atoms with Gasteiger partial charge >= 0.3 is 0 Å². The zero-order chi connectivity index (χ0) is 14.6. The van der Waals surface area contributed by atoms with E-state index in [9.17, 15) is 24.1 Å². The smallest absolute Gasteiger partial charge is 0.273 e. The van der Waals surface area contributed by atoms with Gasteiger partial charge in [0.2, 0.25) is 0 Å². The van der Waals surface area contributed by atoms with Crippen LogP contribution in [0.3, 0.4) is 0 Å². The topological polar surface area (TPSA) is 89.3 Å². The predicted molar refractivity (Wildman–Crippen MR) is 65.7 cm³/mol. The highest BCUT2D eigenvalue weighted by molar-refractivity contribution is 6.34. The van der Waals surface area contributed by atoms with Gasteiger partial charge in [0.15, 0.2) is 5.78 Å². The molecule has 0 fully saturated rings. The second-order valence-electron chi connectivity index (χ2n) is 3.62. The Bertz CT molecular complexity index is 548. The number of Topliss-reactive ketones (excluding diaryl/α,β-unsaturated/α-hetero) is 1. The number of nitro groups is 1. The summed E-state index contributed by atoms with van der Waals surface area (Å²) in [5.74, 6) is -2.13. The van der Waals surface area contributed by atoms with Crippen LogP contribution < -0.4 is 5.32 Å². The quantitative estimate of drug-likeness (QED) is 0.663. The van der Waals surface area contributed by atoms with Crippen molar-refractivity contribution in [1.82, 2.24) is 5.32 Å². The maximum atomic E-state index is 13.3. The zero-order valence-corrected chi connectivity index (χ0v) is 10.7. The Kier molecular flexibility index (Phi) is 4.94. The molecule has 6 nitrogen and oxygen atoms in total. The molecule has 0 spiro atoms. The van der Waals surface area contributed by atoms with Crippen molar-refractivity contribution in [3.05, 3.63) is 38.7 Å². The molecule has 0 heterocycles. The average molecular weight is 289 g/mol. The van der Waals surface area contributed by atoms with Crippen LogP contribution in [-0.4, -0.2) is 23.2 Å². The summed E-state index contributed by atoms with van der Waals surface area (Å²) < 4.78 is 13.3. The third kappa shape index (κ3) is 3.72. The largest absolute Gasteiger partial charge is 0.345 e. The summed E-state index contributed by atoms with van der Waals surface area (Å²) in [6.07, 6.45) is 0.233. The van der Waals surface area contributed by atoms with Crippen LogP contribution in [0.25, 0.3) is 0 Å². The lowest BCUT2D eigenvalue weighted by Gasteiger charge is -2.06. The van der Waals surface area contributed by atoms with Crippen molar-refractivity contribution in [3.63, 3.8) is 0 Å². The van der Waals surface area contributed by atoms with Gasteiger partial charge in [0.25, 0.3) is 11.6 Å². The lowest BCUT2D eigenvalue weighted by molar-refractivity contribution is -0.385. The predicted octanol–water partition coefficient (Wildman–Crippen LogP) is 2.10.